The topological polar surface area (TPSA) is 98.7 Å². The van der Waals surface area contributed by atoms with Gasteiger partial charge in [0.15, 0.2) is 0 Å². The number of urea groups is 1. The molecule has 6 nitrogen and oxygen atoms in total. The molecule has 2 aromatic carbocycles. The van der Waals surface area contributed by atoms with Crippen LogP contribution in [0.2, 0.25) is 0 Å². The van der Waals surface area contributed by atoms with Crippen molar-refractivity contribution in [3.63, 3.8) is 0 Å². The Kier molecular flexibility index (Phi) is 6.98. The third-order valence-corrected chi connectivity index (χ3v) is 3.76. The van der Waals surface area contributed by atoms with Crippen molar-refractivity contribution in [3.05, 3.63) is 71.8 Å². The number of hydrogen-bond donors (Lipinski definition) is 4. The summed E-state index contributed by atoms with van der Waals surface area (Å²) in [5, 5.41) is 24.7. The van der Waals surface area contributed by atoms with Gasteiger partial charge in [0.05, 0.1) is 6.04 Å². The number of carboxylic acid groups (broad SMARTS) is 1. The molecule has 0 saturated heterocycles. The normalized spacial score (nSPS) is 12.8. The van der Waals surface area contributed by atoms with E-state index in [1.165, 1.54) is 0 Å². The van der Waals surface area contributed by atoms with Crippen molar-refractivity contribution < 1.29 is 19.8 Å². The Hall–Kier alpha value is -2.86. The van der Waals surface area contributed by atoms with Crippen LogP contribution >= 0.6 is 0 Å². The fourth-order valence-electron chi connectivity index (χ4n) is 2.48. The Morgan fingerprint density at radius 3 is 2.04 bits per heavy atom. The minimum Gasteiger partial charge on any atom is -0.481 e. The number of amides is 2. The van der Waals surface area contributed by atoms with Gasteiger partial charge in [-0.15, -0.1) is 0 Å². The number of carboxylic acids is 1. The Labute approximate surface area is 146 Å². The van der Waals surface area contributed by atoms with Crippen LogP contribution in [0.4, 0.5) is 4.79 Å². The van der Waals surface area contributed by atoms with Gasteiger partial charge in [0.2, 0.25) is 0 Å². The lowest BCUT2D eigenvalue weighted by Gasteiger charge is -2.25. The maximum atomic E-state index is 12.1. The number of aliphatic hydroxyl groups excluding tert-OH is 1. The van der Waals surface area contributed by atoms with E-state index in [1.807, 2.05) is 48.5 Å². The van der Waals surface area contributed by atoms with Gasteiger partial charge in [0.1, 0.15) is 6.10 Å². The molecule has 0 fully saturated rings. The standard InChI is InChI=1S/C19H22N2O4/c22-16(23)12-7-13-20-19(25)21-17(14-8-3-1-4-9-14)18(24)15-10-5-2-6-11-15/h1-6,8-11,17-18,24H,7,12-13H2,(H,22,23)(H2,20,21,25)/t17-,18+/m1/s1. The summed E-state index contributed by atoms with van der Waals surface area (Å²) in [7, 11) is 0. The largest absolute Gasteiger partial charge is 0.481 e. The molecular formula is C19H22N2O4. The van der Waals surface area contributed by atoms with E-state index in [-0.39, 0.29) is 13.0 Å². The van der Waals surface area contributed by atoms with Crippen molar-refractivity contribution >= 4 is 12.0 Å². The van der Waals surface area contributed by atoms with Gasteiger partial charge in [0, 0.05) is 13.0 Å². The highest BCUT2D eigenvalue weighted by molar-refractivity contribution is 5.74. The van der Waals surface area contributed by atoms with Crippen LogP contribution in [0.1, 0.15) is 36.1 Å². The number of benzene rings is 2. The van der Waals surface area contributed by atoms with Crippen LogP contribution in [0.15, 0.2) is 60.7 Å². The number of hydrogen-bond acceptors (Lipinski definition) is 3. The van der Waals surface area contributed by atoms with Gasteiger partial charge in [-0.05, 0) is 17.5 Å². The lowest BCUT2D eigenvalue weighted by molar-refractivity contribution is -0.137. The minimum absolute atomic E-state index is 0.00493. The molecule has 0 aromatic heterocycles. The average Bonchev–Trinajstić information content (AvgIpc) is 2.64. The smallest absolute Gasteiger partial charge is 0.315 e. The van der Waals surface area contributed by atoms with E-state index in [1.54, 1.807) is 12.1 Å². The zero-order valence-electron chi connectivity index (χ0n) is 13.8. The van der Waals surface area contributed by atoms with Gasteiger partial charge in [-0.1, -0.05) is 60.7 Å². The Morgan fingerprint density at radius 2 is 1.48 bits per heavy atom. The number of rotatable bonds is 8. The van der Waals surface area contributed by atoms with Crippen molar-refractivity contribution in [1.29, 1.82) is 0 Å². The molecule has 0 heterocycles. The summed E-state index contributed by atoms with van der Waals surface area (Å²) in [6.45, 7) is 0.251. The first-order valence-corrected chi connectivity index (χ1v) is 8.12. The average molecular weight is 342 g/mol. The number of carbonyl (C=O) groups excluding carboxylic acids is 1. The highest BCUT2D eigenvalue weighted by Crippen LogP contribution is 2.28. The van der Waals surface area contributed by atoms with E-state index in [2.05, 4.69) is 10.6 Å². The molecule has 4 N–H and O–H groups in total. The molecule has 25 heavy (non-hydrogen) atoms. The maximum Gasteiger partial charge on any atom is 0.315 e. The molecule has 0 bridgehead atoms. The predicted molar refractivity (Wildman–Crippen MR) is 94.0 cm³/mol. The first-order valence-electron chi connectivity index (χ1n) is 8.12. The van der Waals surface area contributed by atoms with Crippen LogP contribution in [-0.4, -0.2) is 28.8 Å². The van der Waals surface area contributed by atoms with Crippen molar-refractivity contribution in [2.24, 2.45) is 0 Å². The lowest BCUT2D eigenvalue weighted by atomic mass is 9.96. The molecule has 0 aliphatic rings. The number of nitrogens with one attached hydrogen (secondary N) is 2. The molecule has 0 unspecified atom stereocenters. The highest BCUT2D eigenvalue weighted by atomic mass is 16.4. The molecule has 132 valence electrons. The van der Waals surface area contributed by atoms with E-state index in [0.29, 0.717) is 12.0 Å². The summed E-state index contributed by atoms with van der Waals surface area (Å²) in [6.07, 6.45) is -0.567. The van der Waals surface area contributed by atoms with Gasteiger partial charge < -0.3 is 20.8 Å². The summed E-state index contributed by atoms with van der Waals surface area (Å²) in [5.74, 6) is -0.899. The molecule has 2 amide bonds. The fourth-order valence-corrected chi connectivity index (χ4v) is 2.48. The molecule has 2 aromatic rings. The van der Waals surface area contributed by atoms with Crippen LogP contribution in [0, 0.1) is 0 Å². The monoisotopic (exact) mass is 342 g/mol. The molecule has 6 heteroatoms. The third-order valence-electron chi connectivity index (χ3n) is 3.76. The molecule has 0 aliphatic heterocycles. The van der Waals surface area contributed by atoms with Crippen molar-refractivity contribution in [2.45, 2.75) is 25.0 Å². The summed E-state index contributed by atoms with van der Waals surface area (Å²) < 4.78 is 0. The van der Waals surface area contributed by atoms with Gasteiger partial charge in [0.25, 0.3) is 0 Å². The summed E-state index contributed by atoms with van der Waals surface area (Å²) >= 11 is 0. The van der Waals surface area contributed by atoms with Crippen LogP contribution in [0.3, 0.4) is 0 Å². The van der Waals surface area contributed by atoms with Crippen molar-refractivity contribution in [1.82, 2.24) is 10.6 Å². The van der Waals surface area contributed by atoms with Gasteiger partial charge >= 0.3 is 12.0 Å². The Morgan fingerprint density at radius 1 is 0.920 bits per heavy atom. The summed E-state index contributed by atoms with van der Waals surface area (Å²) in [4.78, 5) is 22.6. The quantitative estimate of drug-likeness (QED) is 0.554. The lowest BCUT2D eigenvalue weighted by Crippen LogP contribution is -2.40. The highest BCUT2D eigenvalue weighted by Gasteiger charge is 2.24. The molecule has 0 radical (unpaired) electrons. The third kappa shape index (κ3) is 5.93. The van der Waals surface area contributed by atoms with Crippen molar-refractivity contribution in [3.8, 4) is 0 Å². The van der Waals surface area contributed by atoms with E-state index in [9.17, 15) is 14.7 Å². The van der Waals surface area contributed by atoms with Gasteiger partial charge in [-0.3, -0.25) is 4.79 Å². The van der Waals surface area contributed by atoms with E-state index < -0.39 is 24.1 Å². The van der Waals surface area contributed by atoms with Crippen LogP contribution < -0.4 is 10.6 Å². The second kappa shape index (κ2) is 9.44. The second-order valence-corrected chi connectivity index (χ2v) is 5.64. The van der Waals surface area contributed by atoms with Gasteiger partial charge in [-0.2, -0.15) is 0 Å². The van der Waals surface area contributed by atoms with E-state index in [0.717, 1.165) is 5.56 Å². The van der Waals surface area contributed by atoms with Crippen LogP contribution in [0.25, 0.3) is 0 Å². The number of carbonyl (C=O) groups is 2. The molecule has 2 rings (SSSR count). The molecular weight excluding hydrogens is 320 g/mol. The SMILES string of the molecule is O=C(O)CCCNC(=O)N[C@H](c1ccccc1)[C@@H](O)c1ccccc1. The Bertz CT molecular complexity index is 676. The Balaban J connectivity index is 2.05. The molecule has 0 aliphatic carbocycles. The van der Waals surface area contributed by atoms with Crippen LogP contribution in [-0.2, 0) is 4.79 Å². The first-order chi connectivity index (χ1) is 12.1. The van der Waals surface area contributed by atoms with Gasteiger partial charge in [-0.25, -0.2) is 4.79 Å². The molecule has 0 saturated carbocycles. The van der Waals surface area contributed by atoms with E-state index in [4.69, 9.17) is 5.11 Å². The predicted octanol–water partition coefficient (Wildman–Crippen LogP) is 2.63. The molecule has 2 atom stereocenters. The van der Waals surface area contributed by atoms with Crippen molar-refractivity contribution in [2.75, 3.05) is 6.54 Å². The van der Waals surface area contributed by atoms with E-state index >= 15 is 0 Å². The maximum absolute atomic E-state index is 12.1. The second-order valence-electron chi connectivity index (χ2n) is 5.64. The summed E-state index contributed by atoms with van der Waals surface area (Å²) in [5.41, 5.74) is 1.47. The fraction of sp³-hybridized carbons (Fsp3) is 0.263. The number of aliphatic hydroxyl groups is 1. The molecule has 0 spiro atoms. The summed E-state index contributed by atoms with van der Waals surface area (Å²) in [6, 6.07) is 17.2. The zero-order chi connectivity index (χ0) is 18.1. The first kappa shape index (κ1) is 18.5. The number of aliphatic carboxylic acids is 1. The minimum atomic E-state index is -0.909. The zero-order valence-corrected chi connectivity index (χ0v) is 13.8. The van der Waals surface area contributed by atoms with Crippen LogP contribution in [0.5, 0.6) is 0 Å².